The van der Waals surface area contributed by atoms with E-state index in [-0.39, 0.29) is 17.0 Å². The zero-order chi connectivity index (χ0) is 8.16. The summed E-state index contributed by atoms with van der Waals surface area (Å²) in [5, 5.41) is 0. The number of hydrogen-bond acceptors (Lipinski definition) is 1. The van der Waals surface area contributed by atoms with Gasteiger partial charge in [0.05, 0.1) is 26.3 Å². The van der Waals surface area contributed by atoms with Crippen LogP contribution in [0.3, 0.4) is 0 Å². The van der Waals surface area contributed by atoms with Gasteiger partial charge in [-0.2, -0.15) is 0 Å². The molecule has 2 nitrogen and oxygen atoms in total. The third-order valence-corrected chi connectivity index (χ3v) is 2.79. The first-order valence-corrected chi connectivity index (χ1v) is 4.76. The maximum atomic E-state index is 5.36. The smallest absolute Gasteiger partial charge is 0.102 e. The Morgan fingerprint density at radius 1 is 1.17 bits per heavy atom. The lowest BCUT2D eigenvalue weighted by Gasteiger charge is -2.40. The number of likely N-dealkylation sites (N-methyl/N-ethyl adjacent to an activating group) is 1. The number of ether oxygens (including phenoxy) is 1. The van der Waals surface area contributed by atoms with Crippen molar-refractivity contribution in [3.05, 3.63) is 0 Å². The number of morpholine rings is 1. The molecule has 0 unspecified atom stereocenters. The minimum atomic E-state index is 0. The molecule has 0 atom stereocenters. The van der Waals surface area contributed by atoms with Crippen LogP contribution in [0.25, 0.3) is 0 Å². The van der Waals surface area contributed by atoms with E-state index < -0.39 is 0 Å². The summed E-state index contributed by atoms with van der Waals surface area (Å²) < 4.78 is 6.65. The zero-order valence-electron chi connectivity index (χ0n) is 8.18. The van der Waals surface area contributed by atoms with Gasteiger partial charge >= 0.3 is 0 Å². The molecular weight excluding hydrogens is 218 g/mol. The van der Waals surface area contributed by atoms with Gasteiger partial charge in [-0.15, -0.1) is 0 Å². The Morgan fingerprint density at radius 3 is 2.17 bits per heavy atom. The van der Waals surface area contributed by atoms with E-state index in [2.05, 4.69) is 13.8 Å². The van der Waals surface area contributed by atoms with Crippen LogP contribution in [-0.2, 0) is 4.74 Å². The Morgan fingerprint density at radius 2 is 1.75 bits per heavy atom. The molecule has 0 spiro atoms. The molecule has 0 aliphatic carbocycles. The Bertz CT molecular complexity index is 108. The highest BCUT2D eigenvalue weighted by Gasteiger charge is 2.26. The minimum Gasteiger partial charge on any atom is -1.00 e. The fourth-order valence-electron chi connectivity index (χ4n) is 1.90. The van der Waals surface area contributed by atoms with Crippen molar-refractivity contribution in [1.82, 2.24) is 0 Å². The van der Waals surface area contributed by atoms with Crippen molar-refractivity contribution in [3.8, 4) is 0 Å². The van der Waals surface area contributed by atoms with Gasteiger partial charge in [-0.05, 0) is 13.3 Å². The normalized spacial score (nSPS) is 21.5. The molecule has 12 heavy (non-hydrogen) atoms. The van der Waals surface area contributed by atoms with Crippen molar-refractivity contribution in [3.63, 3.8) is 0 Å². The third kappa shape index (κ3) is 3.04. The molecule has 1 rings (SSSR count). The molecule has 1 aliphatic heterocycles. The van der Waals surface area contributed by atoms with E-state index in [1.54, 1.807) is 0 Å². The van der Waals surface area contributed by atoms with Crippen molar-refractivity contribution >= 4 is 0 Å². The lowest BCUT2D eigenvalue weighted by atomic mass is 10.2. The van der Waals surface area contributed by atoms with Crippen molar-refractivity contribution < 1.29 is 26.2 Å². The summed E-state index contributed by atoms with van der Waals surface area (Å²) in [7, 11) is 0. The van der Waals surface area contributed by atoms with Gasteiger partial charge in [-0.1, -0.05) is 6.92 Å². The van der Waals surface area contributed by atoms with Gasteiger partial charge in [0.25, 0.3) is 0 Å². The summed E-state index contributed by atoms with van der Waals surface area (Å²) in [6.45, 7) is 11.6. The van der Waals surface area contributed by atoms with Crippen LogP contribution in [0.4, 0.5) is 0 Å². The Balaban J connectivity index is 0.00000121. The highest BCUT2D eigenvalue weighted by atomic mass is 79.9. The summed E-state index contributed by atoms with van der Waals surface area (Å²) in [6.07, 6.45) is 1.30. The Kier molecular flexibility index (Phi) is 6.14. The van der Waals surface area contributed by atoms with E-state index in [1.807, 2.05) is 0 Å². The highest BCUT2D eigenvalue weighted by molar-refractivity contribution is 4.48. The average molecular weight is 238 g/mol. The molecule has 1 fully saturated rings. The van der Waals surface area contributed by atoms with Crippen LogP contribution in [-0.4, -0.2) is 43.9 Å². The fraction of sp³-hybridized carbons (Fsp3) is 1.00. The van der Waals surface area contributed by atoms with E-state index in [0.29, 0.717) is 0 Å². The van der Waals surface area contributed by atoms with Gasteiger partial charge in [0.2, 0.25) is 0 Å². The second-order valence-electron chi connectivity index (χ2n) is 3.44. The molecule has 1 saturated heterocycles. The van der Waals surface area contributed by atoms with E-state index in [0.717, 1.165) is 13.2 Å². The van der Waals surface area contributed by atoms with Gasteiger partial charge in [0, 0.05) is 0 Å². The van der Waals surface area contributed by atoms with E-state index in [9.17, 15) is 0 Å². The molecule has 1 heterocycles. The van der Waals surface area contributed by atoms with Crippen LogP contribution < -0.4 is 17.0 Å². The summed E-state index contributed by atoms with van der Waals surface area (Å²) in [4.78, 5) is 0. The lowest BCUT2D eigenvalue weighted by molar-refractivity contribution is -0.933. The summed E-state index contributed by atoms with van der Waals surface area (Å²) >= 11 is 0. The molecule has 1 aliphatic rings. The highest BCUT2D eigenvalue weighted by Crippen LogP contribution is 2.11. The maximum Gasteiger partial charge on any atom is 0.102 e. The molecule has 0 radical (unpaired) electrons. The Labute approximate surface area is 86.2 Å². The fourth-order valence-corrected chi connectivity index (χ4v) is 1.90. The van der Waals surface area contributed by atoms with E-state index in [4.69, 9.17) is 4.74 Å². The molecule has 0 N–H and O–H groups in total. The summed E-state index contributed by atoms with van der Waals surface area (Å²) in [5.41, 5.74) is 0. The second-order valence-corrected chi connectivity index (χ2v) is 3.44. The van der Waals surface area contributed by atoms with Crippen molar-refractivity contribution in [2.75, 3.05) is 39.4 Å². The molecule has 0 aromatic heterocycles. The van der Waals surface area contributed by atoms with Crippen molar-refractivity contribution in [1.29, 1.82) is 0 Å². The summed E-state index contributed by atoms with van der Waals surface area (Å²) in [5.74, 6) is 0. The van der Waals surface area contributed by atoms with E-state index in [1.165, 1.54) is 37.1 Å². The predicted molar refractivity (Wildman–Crippen MR) is 46.5 cm³/mol. The largest absolute Gasteiger partial charge is 1.00 e. The van der Waals surface area contributed by atoms with Gasteiger partial charge in [-0.25, -0.2) is 0 Å². The number of hydrogen-bond donors (Lipinski definition) is 0. The molecule has 0 amide bonds. The van der Waals surface area contributed by atoms with Gasteiger partial charge < -0.3 is 26.2 Å². The lowest BCUT2D eigenvalue weighted by Crippen LogP contribution is -3.00. The SMILES string of the molecule is CCC[N+]1(CC)CCOCC1.[Br-]. The Hall–Kier alpha value is 0.400. The van der Waals surface area contributed by atoms with Gasteiger partial charge in [-0.3, -0.25) is 0 Å². The summed E-state index contributed by atoms with van der Waals surface area (Å²) in [6, 6.07) is 0. The molecule has 3 heteroatoms. The quantitative estimate of drug-likeness (QED) is 0.531. The van der Waals surface area contributed by atoms with Crippen molar-refractivity contribution in [2.24, 2.45) is 0 Å². The monoisotopic (exact) mass is 237 g/mol. The topological polar surface area (TPSA) is 9.23 Å². The third-order valence-electron chi connectivity index (χ3n) is 2.79. The number of halogens is 1. The van der Waals surface area contributed by atoms with Crippen LogP contribution in [0.5, 0.6) is 0 Å². The predicted octanol–water partition coefficient (Wildman–Crippen LogP) is -1.73. The first-order valence-electron chi connectivity index (χ1n) is 4.76. The molecule has 0 saturated carbocycles. The molecule has 74 valence electrons. The molecule has 0 aromatic rings. The molecule has 0 aromatic carbocycles. The van der Waals surface area contributed by atoms with Gasteiger partial charge in [0.15, 0.2) is 0 Å². The first-order chi connectivity index (χ1) is 5.33. The van der Waals surface area contributed by atoms with E-state index >= 15 is 0 Å². The van der Waals surface area contributed by atoms with Crippen LogP contribution in [0.15, 0.2) is 0 Å². The van der Waals surface area contributed by atoms with Crippen LogP contribution in [0, 0.1) is 0 Å². The average Bonchev–Trinajstić information content (AvgIpc) is 2.07. The van der Waals surface area contributed by atoms with Crippen LogP contribution >= 0.6 is 0 Å². The van der Waals surface area contributed by atoms with Crippen LogP contribution in [0.2, 0.25) is 0 Å². The van der Waals surface area contributed by atoms with Crippen molar-refractivity contribution in [2.45, 2.75) is 20.3 Å². The van der Waals surface area contributed by atoms with Gasteiger partial charge in [0.1, 0.15) is 13.1 Å². The minimum absolute atomic E-state index is 0. The molecular formula is C9H20BrNO. The molecule has 0 bridgehead atoms. The number of nitrogens with zero attached hydrogens (tertiary/aromatic N) is 1. The standard InChI is InChI=1S/C9H20NO.BrH/c1-3-5-10(4-2)6-8-11-9-7-10;/h3-9H2,1-2H3;1H/q+1;/p-1. The second kappa shape index (κ2) is 5.95. The zero-order valence-corrected chi connectivity index (χ0v) is 9.77. The van der Waals surface area contributed by atoms with Crippen LogP contribution in [0.1, 0.15) is 20.3 Å². The number of rotatable bonds is 3. The first kappa shape index (κ1) is 12.4. The number of quaternary nitrogens is 1. The maximum absolute atomic E-state index is 5.36.